The average molecular weight is 293 g/mol. The molecular weight excluding hydrogens is 262 g/mol. The number of nitrogens with zero attached hydrogens (tertiary/aromatic N) is 3. The Morgan fingerprint density at radius 1 is 1.33 bits per heavy atom. The zero-order chi connectivity index (χ0) is 15.1. The maximum atomic E-state index is 4.22. The fourth-order valence-corrected chi connectivity index (χ4v) is 3.05. The van der Waals surface area contributed by atoms with Crippen LogP contribution in [0.4, 0.5) is 0 Å². The first-order valence-corrected chi connectivity index (χ1v) is 8.31. The van der Waals surface area contributed by atoms with Gasteiger partial charge >= 0.3 is 0 Å². The molecular formula is C16H31N5. The van der Waals surface area contributed by atoms with Crippen LogP contribution in [0.25, 0.3) is 0 Å². The van der Waals surface area contributed by atoms with Crippen molar-refractivity contribution in [2.24, 2.45) is 10.9 Å². The molecule has 5 heteroatoms. The molecule has 0 radical (unpaired) electrons. The van der Waals surface area contributed by atoms with Crippen LogP contribution < -0.4 is 10.6 Å². The molecule has 1 unspecified atom stereocenters. The molecule has 0 saturated carbocycles. The normalized spacial score (nSPS) is 25.2. The minimum atomic E-state index is 0.533. The third-order valence-corrected chi connectivity index (χ3v) is 4.49. The fraction of sp³-hybridized carbons (Fsp3) is 0.812. The summed E-state index contributed by atoms with van der Waals surface area (Å²) in [5.74, 6) is 1.61. The van der Waals surface area contributed by atoms with Gasteiger partial charge in [0.05, 0.1) is 6.67 Å². The SMILES string of the molecule is C=N/C(=C\NCN1CCCCC1)N1CCNC(C(C)C)C1. The first-order valence-electron chi connectivity index (χ1n) is 8.31. The van der Waals surface area contributed by atoms with Gasteiger partial charge in [0.25, 0.3) is 0 Å². The second kappa shape index (κ2) is 8.39. The summed E-state index contributed by atoms with van der Waals surface area (Å²) in [5.41, 5.74) is 0. The molecule has 0 spiro atoms. The van der Waals surface area contributed by atoms with Crippen molar-refractivity contribution >= 4 is 6.72 Å². The first kappa shape index (κ1) is 16.3. The number of rotatable bonds is 6. The Morgan fingerprint density at radius 2 is 2.10 bits per heavy atom. The molecule has 2 N–H and O–H groups in total. The van der Waals surface area contributed by atoms with E-state index in [1.807, 2.05) is 6.20 Å². The fourth-order valence-electron chi connectivity index (χ4n) is 3.05. The minimum absolute atomic E-state index is 0.533. The van der Waals surface area contributed by atoms with Crippen LogP contribution in [0.15, 0.2) is 17.0 Å². The molecule has 0 aliphatic carbocycles. The van der Waals surface area contributed by atoms with Gasteiger partial charge in [0, 0.05) is 31.9 Å². The van der Waals surface area contributed by atoms with Gasteiger partial charge in [-0.2, -0.15) is 0 Å². The van der Waals surface area contributed by atoms with Crippen molar-refractivity contribution in [3.8, 4) is 0 Å². The number of hydrogen-bond acceptors (Lipinski definition) is 5. The van der Waals surface area contributed by atoms with E-state index in [1.165, 1.54) is 32.4 Å². The molecule has 2 saturated heterocycles. The number of nitrogens with one attached hydrogen (secondary N) is 2. The van der Waals surface area contributed by atoms with Gasteiger partial charge in [-0.3, -0.25) is 4.90 Å². The van der Waals surface area contributed by atoms with Crippen LogP contribution in [0.1, 0.15) is 33.1 Å². The first-order chi connectivity index (χ1) is 10.2. The lowest BCUT2D eigenvalue weighted by Gasteiger charge is -2.37. The maximum absolute atomic E-state index is 4.22. The van der Waals surface area contributed by atoms with Gasteiger partial charge in [-0.05, 0) is 38.6 Å². The van der Waals surface area contributed by atoms with Crippen molar-refractivity contribution in [1.29, 1.82) is 0 Å². The van der Waals surface area contributed by atoms with Gasteiger partial charge in [0.2, 0.25) is 0 Å². The molecule has 2 fully saturated rings. The zero-order valence-electron chi connectivity index (χ0n) is 13.6. The monoisotopic (exact) mass is 293 g/mol. The van der Waals surface area contributed by atoms with Crippen molar-refractivity contribution in [3.63, 3.8) is 0 Å². The summed E-state index contributed by atoms with van der Waals surface area (Å²) >= 11 is 0. The molecule has 21 heavy (non-hydrogen) atoms. The van der Waals surface area contributed by atoms with Gasteiger partial charge in [-0.25, -0.2) is 4.99 Å². The predicted molar refractivity (Wildman–Crippen MR) is 89.3 cm³/mol. The molecule has 0 aromatic carbocycles. The molecule has 5 nitrogen and oxygen atoms in total. The minimum Gasteiger partial charge on any atom is -0.375 e. The molecule has 2 aliphatic rings. The molecule has 2 aliphatic heterocycles. The van der Waals surface area contributed by atoms with Gasteiger partial charge in [0.1, 0.15) is 5.82 Å². The smallest absolute Gasteiger partial charge is 0.143 e. The lowest BCUT2D eigenvalue weighted by Crippen LogP contribution is -2.52. The third-order valence-electron chi connectivity index (χ3n) is 4.49. The zero-order valence-corrected chi connectivity index (χ0v) is 13.6. The maximum Gasteiger partial charge on any atom is 0.143 e. The van der Waals surface area contributed by atoms with Crippen LogP contribution in [0.5, 0.6) is 0 Å². The van der Waals surface area contributed by atoms with Crippen LogP contribution in [-0.2, 0) is 0 Å². The molecule has 0 amide bonds. The second-order valence-electron chi connectivity index (χ2n) is 6.45. The molecule has 0 bridgehead atoms. The van der Waals surface area contributed by atoms with E-state index in [9.17, 15) is 0 Å². The Labute approximate surface area is 129 Å². The molecule has 120 valence electrons. The molecule has 1 atom stereocenters. The summed E-state index contributed by atoms with van der Waals surface area (Å²) < 4.78 is 0. The van der Waals surface area contributed by atoms with Gasteiger partial charge in [0.15, 0.2) is 0 Å². The summed E-state index contributed by atoms with van der Waals surface area (Å²) in [6, 6.07) is 0.533. The predicted octanol–water partition coefficient (Wildman–Crippen LogP) is 1.45. The van der Waals surface area contributed by atoms with E-state index in [0.717, 1.165) is 32.1 Å². The van der Waals surface area contributed by atoms with Crippen molar-refractivity contribution in [2.45, 2.75) is 39.2 Å². The van der Waals surface area contributed by atoms with Crippen LogP contribution in [0.3, 0.4) is 0 Å². The van der Waals surface area contributed by atoms with E-state index in [1.54, 1.807) is 0 Å². The summed E-state index contributed by atoms with van der Waals surface area (Å²) in [7, 11) is 0. The number of piperazine rings is 1. The molecule has 0 aromatic rings. The van der Waals surface area contributed by atoms with Crippen LogP contribution in [-0.4, -0.2) is 62.0 Å². The van der Waals surface area contributed by atoms with Crippen molar-refractivity contribution in [3.05, 3.63) is 12.0 Å². The highest BCUT2D eigenvalue weighted by Gasteiger charge is 2.22. The largest absolute Gasteiger partial charge is 0.375 e. The average Bonchev–Trinajstić information content (AvgIpc) is 2.52. The molecule has 2 rings (SSSR count). The van der Waals surface area contributed by atoms with Crippen LogP contribution in [0, 0.1) is 5.92 Å². The Kier molecular flexibility index (Phi) is 6.51. The quantitative estimate of drug-likeness (QED) is 0.728. The van der Waals surface area contributed by atoms with E-state index in [4.69, 9.17) is 0 Å². The Bertz CT molecular complexity index is 347. The highest BCUT2D eigenvalue weighted by Crippen LogP contribution is 2.13. The Morgan fingerprint density at radius 3 is 2.76 bits per heavy atom. The van der Waals surface area contributed by atoms with Crippen molar-refractivity contribution < 1.29 is 0 Å². The molecule has 2 heterocycles. The van der Waals surface area contributed by atoms with Crippen molar-refractivity contribution in [1.82, 2.24) is 20.4 Å². The summed E-state index contributed by atoms with van der Waals surface area (Å²) in [6.45, 7) is 14.6. The van der Waals surface area contributed by atoms with Gasteiger partial charge in [-0.1, -0.05) is 20.3 Å². The lowest BCUT2D eigenvalue weighted by atomic mass is 10.0. The third kappa shape index (κ3) is 5.00. The van der Waals surface area contributed by atoms with E-state index in [2.05, 4.69) is 46.0 Å². The standard InChI is InChI=1S/C16H31N5/c1-14(2)15-12-21(10-7-19-15)16(17-3)11-18-13-20-8-5-4-6-9-20/h11,14-15,18-19H,3-10,12-13H2,1-2H3/b16-11+. The van der Waals surface area contributed by atoms with E-state index in [0.29, 0.717) is 12.0 Å². The Hall–Kier alpha value is -1.07. The van der Waals surface area contributed by atoms with Gasteiger partial charge in [-0.15, -0.1) is 0 Å². The summed E-state index contributed by atoms with van der Waals surface area (Å²) in [4.78, 5) is 9.01. The summed E-state index contributed by atoms with van der Waals surface area (Å²) in [5, 5.41) is 6.99. The highest BCUT2D eigenvalue weighted by atomic mass is 15.3. The van der Waals surface area contributed by atoms with Crippen molar-refractivity contribution in [2.75, 3.05) is 39.4 Å². The number of aliphatic imine (C=N–C) groups is 1. The van der Waals surface area contributed by atoms with E-state index in [-0.39, 0.29) is 0 Å². The lowest BCUT2D eigenvalue weighted by molar-refractivity contribution is 0.206. The van der Waals surface area contributed by atoms with E-state index < -0.39 is 0 Å². The highest BCUT2D eigenvalue weighted by molar-refractivity contribution is 5.28. The number of hydrogen-bond donors (Lipinski definition) is 2. The molecule has 0 aromatic heterocycles. The number of likely N-dealkylation sites (tertiary alicyclic amines) is 1. The van der Waals surface area contributed by atoms with Crippen LogP contribution in [0.2, 0.25) is 0 Å². The number of piperidine rings is 1. The van der Waals surface area contributed by atoms with E-state index >= 15 is 0 Å². The topological polar surface area (TPSA) is 42.9 Å². The second-order valence-corrected chi connectivity index (χ2v) is 6.45. The summed E-state index contributed by atoms with van der Waals surface area (Å²) in [6.07, 6.45) is 6.06. The van der Waals surface area contributed by atoms with Gasteiger partial charge < -0.3 is 15.5 Å². The Balaban J connectivity index is 1.82. The van der Waals surface area contributed by atoms with Crippen LogP contribution >= 0.6 is 0 Å².